The van der Waals surface area contributed by atoms with Gasteiger partial charge in [-0.2, -0.15) is 5.11 Å². The zero-order chi connectivity index (χ0) is 19.2. The van der Waals surface area contributed by atoms with E-state index in [1.165, 1.54) is 6.42 Å². The molecule has 3 heterocycles. The summed E-state index contributed by atoms with van der Waals surface area (Å²) in [6.45, 7) is 6.66. The molecule has 7 heteroatoms. The number of allylic oxidation sites excluding steroid dienone is 2. The molecule has 0 aromatic carbocycles. The van der Waals surface area contributed by atoms with Crippen LogP contribution in [-0.2, 0) is 0 Å². The summed E-state index contributed by atoms with van der Waals surface area (Å²) < 4.78 is 5.80. The summed E-state index contributed by atoms with van der Waals surface area (Å²) >= 11 is 0. The van der Waals surface area contributed by atoms with Crippen molar-refractivity contribution in [3.8, 4) is 5.75 Å². The minimum atomic E-state index is -0.169. The molecule has 0 aliphatic carbocycles. The third-order valence-corrected chi connectivity index (χ3v) is 4.91. The van der Waals surface area contributed by atoms with Crippen LogP contribution in [0.3, 0.4) is 0 Å². The van der Waals surface area contributed by atoms with E-state index in [9.17, 15) is 4.79 Å². The van der Waals surface area contributed by atoms with E-state index in [2.05, 4.69) is 15.0 Å². The van der Waals surface area contributed by atoms with Gasteiger partial charge in [0.15, 0.2) is 11.6 Å². The number of nitrogens with one attached hydrogen (secondary N) is 1. The second-order valence-corrected chi connectivity index (χ2v) is 6.84. The Hall–Kier alpha value is -2.70. The molecule has 0 radical (unpaired) electrons. The zero-order valence-electron chi connectivity index (χ0n) is 16.0. The van der Waals surface area contributed by atoms with Gasteiger partial charge in [0, 0.05) is 25.0 Å². The van der Waals surface area contributed by atoms with Gasteiger partial charge in [-0.3, -0.25) is 4.79 Å². The molecule has 1 amide bonds. The molecule has 3 rings (SSSR count). The first-order valence-electron chi connectivity index (χ1n) is 9.54. The lowest BCUT2D eigenvalue weighted by Gasteiger charge is -2.31. The topological polar surface area (TPSA) is 81.9 Å². The normalized spacial score (nSPS) is 18.8. The van der Waals surface area contributed by atoms with Crippen molar-refractivity contribution in [3.05, 3.63) is 41.8 Å². The molecule has 1 aromatic heterocycles. The third kappa shape index (κ3) is 4.35. The van der Waals surface area contributed by atoms with Gasteiger partial charge in [-0.25, -0.2) is 10.5 Å². The summed E-state index contributed by atoms with van der Waals surface area (Å²) in [5, 5.41) is 3.49. The number of nitrogens with zero attached hydrogens (tertiary/aromatic N) is 4. The zero-order valence-corrected chi connectivity index (χ0v) is 16.0. The Bertz CT molecular complexity index is 753. The number of aromatic nitrogens is 1. The number of likely N-dealkylation sites (tertiary alicyclic amines) is 1. The van der Waals surface area contributed by atoms with Crippen molar-refractivity contribution < 1.29 is 9.53 Å². The van der Waals surface area contributed by atoms with Gasteiger partial charge in [0.05, 0.1) is 18.2 Å². The molecule has 1 atom stereocenters. The highest BCUT2D eigenvalue weighted by molar-refractivity contribution is 5.95. The molecule has 1 unspecified atom stereocenters. The van der Waals surface area contributed by atoms with Crippen LogP contribution in [0.5, 0.6) is 5.75 Å². The number of carbonyl (C=O) groups is 1. The van der Waals surface area contributed by atoms with Gasteiger partial charge in [0.25, 0.3) is 5.91 Å². The molecule has 1 saturated heterocycles. The van der Waals surface area contributed by atoms with Crippen LogP contribution in [0.25, 0.3) is 0 Å². The monoisotopic (exact) mass is 369 g/mol. The van der Waals surface area contributed by atoms with Crippen LogP contribution in [0.2, 0.25) is 0 Å². The van der Waals surface area contributed by atoms with Crippen molar-refractivity contribution in [3.63, 3.8) is 0 Å². The molecule has 144 valence electrons. The van der Waals surface area contributed by atoms with Crippen LogP contribution in [0, 0.1) is 5.53 Å². The number of fused-ring (bicyclic) bond motifs is 1. The van der Waals surface area contributed by atoms with Gasteiger partial charge in [-0.05, 0) is 45.3 Å². The minimum Gasteiger partial charge on any atom is -0.488 e. The first-order valence-corrected chi connectivity index (χ1v) is 9.54. The minimum absolute atomic E-state index is 0.0303. The Morgan fingerprint density at radius 3 is 2.81 bits per heavy atom. The van der Waals surface area contributed by atoms with E-state index in [-0.39, 0.29) is 11.9 Å². The lowest BCUT2D eigenvalue weighted by molar-refractivity contribution is 0.0723. The van der Waals surface area contributed by atoms with Gasteiger partial charge < -0.3 is 14.5 Å². The Morgan fingerprint density at radius 1 is 1.33 bits per heavy atom. The average Bonchev–Trinajstić information content (AvgIpc) is 2.73. The van der Waals surface area contributed by atoms with E-state index in [0.29, 0.717) is 30.3 Å². The number of rotatable bonds is 5. The third-order valence-electron chi connectivity index (χ3n) is 4.91. The van der Waals surface area contributed by atoms with Crippen LogP contribution < -0.4 is 9.64 Å². The maximum Gasteiger partial charge on any atom is 0.255 e. The predicted octanol–water partition coefficient (Wildman–Crippen LogP) is 3.79. The summed E-state index contributed by atoms with van der Waals surface area (Å²) in [7, 11) is 0. The van der Waals surface area contributed by atoms with Gasteiger partial charge in [0.1, 0.15) is 6.61 Å². The highest BCUT2D eigenvalue weighted by Crippen LogP contribution is 2.33. The molecule has 1 aromatic rings. The van der Waals surface area contributed by atoms with Crippen molar-refractivity contribution in [2.24, 2.45) is 5.11 Å². The maximum absolute atomic E-state index is 12.7. The molecule has 1 fully saturated rings. The molecular weight excluding hydrogens is 342 g/mol. The summed E-state index contributed by atoms with van der Waals surface area (Å²) in [6.07, 6.45) is 10.8. The van der Waals surface area contributed by atoms with Crippen molar-refractivity contribution in [2.45, 2.75) is 39.2 Å². The molecule has 2 aliphatic rings. The van der Waals surface area contributed by atoms with Crippen LogP contribution in [0.15, 0.2) is 41.3 Å². The van der Waals surface area contributed by atoms with E-state index in [1.54, 1.807) is 6.20 Å². The number of anilines is 1. The average molecular weight is 369 g/mol. The molecule has 7 nitrogen and oxygen atoms in total. The highest BCUT2D eigenvalue weighted by Gasteiger charge is 2.25. The fraction of sp³-hybridized carbons (Fsp3) is 0.500. The number of ether oxygens (including phenoxy) is 1. The second-order valence-electron chi connectivity index (χ2n) is 6.84. The van der Waals surface area contributed by atoms with E-state index >= 15 is 0 Å². The summed E-state index contributed by atoms with van der Waals surface area (Å²) in [4.78, 5) is 21.3. The van der Waals surface area contributed by atoms with Crippen LogP contribution in [0.1, 0.15) is 43.5 Å². The van der Waals surface area contributed by atoms with Crippen LogP contribution >= 0.6 is 0 Å². The Labute approximate surface area is 160 Å². The van der Waals surface area contributed by atoms with E-state index < -0.39 is 0 Å². The molecule has 2 aliphatic heterocycles. The smallest absolute Gasteiger partial charge is 0.255 e. The highest BCUT2D eigenvalue weighted by atomic mass is 16.5. The summed E-state index contributed by atoms with van der Waals surface area (Å²) in [5.74, 6) is 1.38. The maximum atomic E-state index is 12.7. The SMILES string of the molecule is C/C=C(\C=C/C(C)N=N)N1CCOc2cc(C(=O)N3CCCCC3)cnc21. The molecule has 0 saturated carbocycles. The van der Waals surface area contributed by atoms with Gasteiger partial charge in [-0.15, -0.1) is 0 Å². The molecule has 1 N–H and O–H groups in total. The second kappa shape index (κ2) is 8.79. The largest absolute Gasteiger partial charge is 0.488 e. The van der Waals surface area contributed by atoms with E-state index in [4.69, 9.17) is 10.3 Å². The fourth-order valence-corrected chi connectivity index (χ4v) is 3.37. The molecule has 27 heavy (non-hydrogen) atoms. The summed E-state index contributed by atoms with van der Waals surface area (Å²) in [5.41, 5.74) is 8.64. The van der Waals surface area contributed by atoms with E-state index in [0.717, 1.165) is 31.6 Å². The van der Waals surface area contributed by atoms with Crippen molar-refractivity contribution in [1.29, 1.82) is 5.53 Å². The van der Waals surface area contributed by atoms with Crippen molar-refractivity contribution >= 4 is 11.7 Å². The lowest BCUT2D eigenvalue weighted by atomic mass is 10.1. The first-order chi connectivity index (χ1) is 13.1. The molecule has 0 bridgehead atoms. The van der Waals surface area contributed by atoms with Crippen LogP contribution in [0.4, 0.5) is 5.82 Å². The molecule has 0 spiro atoms. The Kier molecular flexibility index (Phi) is 6.21. The standard InChI is InChI=1S/C20H27N5O2/c1-3-17(8-7-15(2)23-21)25-11-12-27-18-13-16(14-22-19(18)25)20(26)24-9-5-4-6-10-24/h3,7-8,13-15,21H,4-6,9-12H2,1-2H3/b8-7-,17-3+,23-21?. The first kappa shape index (κ1) is 19.1. The quantitative estimate of drug-likeness (QED) is 0.632. The van der Waals surface area contributed by atoms with Gasteiger partial charge in [0.2, 0.25) is 0 Å². The number of hydrogen-bond donors (Lipinski definition) is 1. The van der Waals surface area contributed by atoms with Gasteiger partial charge >= 0.3 is 0 Å². The molecular formula is C20H27N5O2. The van der Waals surface area contributed by atoms with Crippen molar-refractivity contribution in [2.75, 3.05) is 31.1 Å². The number of pyridine rings is 1. The summed E-state index contributed by atoms with van der Waals surface area (Å²) in [6, 6.07) is 1.64. The van der Waals surface area contributed by atoms with Crippen LogP contribution in [-0.4, -0.2) is 48.1 Å². The van der Waals surface area contributed by atoms with Gasteiger partial charge in [-0.1, -0.05) is 12.2 Å². The lowest BCUT2D eigenvalue weighted by Crippen LogP contribution is -2.36. The predicted molar refractivity (Wildman–Crippen MR) is 104 cm³/mol. The van der Waals surface area contributed by atoms with E-state index in [1.807, 2.05) is 43.0 Å². The Balaban J connectivity index is 1.82. The Morgan fingerprint density at radius 2 is 2.11 bits per heavy atom. The number of piperidine rings is 1. The van der Waals surface area contributed by atoms with Crippen molar-refractivity contribution in [1.82, 2.24) is 9.88 Å². The number of amides is 1. The number of hydrogen-bond acceptors (Lipinski definition) is 6. The number of carbonyl (C=O) groups excluding carboxylic acids is 1. The fourth-order valence-electron chi connectivity index (χ4n) is 3.37.